The van der Waals surface area contributed by atoms with E-state index >= 15 is 0 Å². The van der Waals surface area contributed by atoms with Gasteiger partial charge in [-0.05, 0) is 36.2 Å². The maximum atomic E-state index is 14.3. The fraction of sp³-hybridized carbons (Fsp3) is 0.345. The summed E-state index contributed by atoms with van der Waals surface area (Å²) in [6.45, 7) is 0.992. The van der Waals surface area contributed by atoms with E-state index in [1.807, 2.05) is 14.6 Å². The molecule has 18 heteroatoms. The summed E-state index contributed by atoms with van der Waals surface area (Å²) < 4.78 is 108. The minimum absolute atomic E-state index is 0.0140. The van der Waals surface area contributed by atoms with Crippen molar-refractivity contribution >= 4 is 22.6 Å². The summed E-state index contributed by atoms with van der Waals surface area (Å²) in [6.07, 6.45) is -7.75. The third-order valence-corrected chi connectivity index (χ3v) is 7.73. The van der Waals surface area contributed by atoms with Crippen molar-refractivity contribution in [3.8, 4) is 17.4 Å². The Morgan fingerprint density at radius 2 is 1.83 bits per heavy atom. The first-order chi connectivity index (χ1) is 22.3. The molecule has 0 radical (unpaired) electrons. The largest absolute Gasteiger partial charge is 0.472 e. The second-order valence-corrected chi connectivity index (χ2v) is 11.1. The molecule has 0 saturated heterocycles. The van der Waals surface area contributed by atoms with Gasteiger partial charge < -0.3 is 14.0 Å². The Morgan fingerprint density at radius 3 is 2.53 bits per heavy atom. The normalized spacial score (nSPS) is 14.1. The summed E-state index contributed by atoms with van der Waals surface area (Å²) in [6, 6.07) is 6.26. The molecule has 0 aliphatic carbocycles. The predicted molar refractivity (Wildman–Crippen MR) is 153 cm³/mol. The van der Waals surface area contributed by atoms with Gasteiger partial charge >= 0.3 is 12.4 Å². The van der Waals surface area contributed by atoms with Crippen molar-refractivity contribution in [3.05, 3.63) is 81.4 Å². The van der Waals surface area contributed by atoms with E-state index in [4.69, 9.17) is 26.1 Å². The third-order valence-electron chi connectivity index (χ3n) is 7.49. The van der Waals surface area contributed by atoms with E-state index in [9.17, 15) is 30.7 Å². The lowest BCUT2D eigenvalue weighted by Crippen LogP contribution is -2.32. The van der Waals surface area contributed by atoms with Crippen LogP contribution in [0.5, 0.6) is 5.88 Å². The van der Waals surface area contributed by atoms with Crippen LogP contribution in [-0.2, 0) is 49.8 Å². The van der Waals surface area contributed by atoms with Crippen molar-refractivity contribution in [1.29, 1.82) is 0 Å². The smallest absolute Gasteiger partial charge is 0.451 e. The van der Waals surface area contributed by atoms with Crippen molar-refractivity contribution < 1.29 is 40.2 Å². The number of aromatic nitrogens is 7. The number of H-pyrrole nitrogens is 1. The van der Waals surface area contributed by atoms with Crippen molar-refractivity contribution in [3.63, 3.8) is 0 Å². The van der Waals surface area contributed by atoms with Crippen LogP contribution in [0.4, 0.5) is 30.7 Å². The number of hydrogen-bond donors (Lipinski definition) is 1. The quantitative estimate of drug-likeness (QED) is 0.182. The lowest BCUT2D eigenvalue weighted by Gasteiger charge is -2.29. The maximum absolute atomic E-state index is 14.3. The number of halogens is 8. The molecule has 5 aromatic rings. The Labute approximate surface area is 266 Å². The first-order valence-electron chi connectivity index (χ1n) is 14.0. The SMILES string of the molecule is COCCn1c(CN2CCc3cc(C(F)(F)F)c(OCc4ccc(Cl)cc4F)nc3C2)nc2cc(-c3n[nH]c(C(F)(F)F)n3)ncc21. The van der Waals surface area contributed by atoms with E-state index in [2.05, 4.69) is 20.1 Å². The molecule has 10 nitrogen and oxygen atoms in total. The summed E-state index contributed by atoms with van der Waals surface area (Å²) in [4.78, 5) is 18.6. The molecule has 0 amide bonds. The molecule has 5 heterocycles. The fourth-order valence-corrected chi connectivity index (χ4v) is 5.34. The second-order valence-electron chi connectivity index (χ2n) is 10.7. The van der Waals surface area contributed by atoms with Gasteiger partial charge in [-0.3, -0.25) is 15.0 Å². The Bertz CT molecular complexity index is 1930. The van der Waals surface area contributed by atoms with Crippen LogP contribution in [0.15, 0.2) is 36.5 Å². The molecule has 47 heavy (non-hydrogen) atoms. The zero-order valence-electron chi connectivity index (χ0n) is 24.4. The summed E-state index contributed by atoms with van der Waals surface area (Å²) in [5, 5.41) is 5.62. The number of rotatable bonds is 9. The van der Waals surface area contributed by atoms with Crippen LogP contribution in [0.1, 0.15) is 34.0 Å². The van der Waals surface area contributed by atoms with Crippen molar-refractivity contribution in [1.82, 2.24) is 39.6 Å². The summed E-state index contributed by atoms with van der Waals surface area (Å²) in [5.74, 6) is -2.33. The lowest BCUT2D eigenvalue weighted by atomic mass is 10.0. The molecule has 1 aromatic carbocycles. The molecule has 4 aromatic heterocycles. The molecule has 1 aliphatic heterocycles. The van der Waals surface area contributed by atoms with Gasteiger partial charge in [0, 0.05) is 37.3 Å². The van der Waals surface area contributed by atoms with Crippen molar-refractivity contribution in [2.45, 2.75) is 45.0 Å². The van der Waals surface area contributed by atoms with Gasteiger partial charge in [0.25, 0.3) is 0 Å². The average Bonchev–Trinajstić information content (AvgIpc) is 3.64. The van der Waals surface area contributed by atoms with Gasteiger partial charge in [0.2, 0.25) is 11.7 Å². The van der Waals surface area contributed by atoms with Crippen LogP contribution in [-0.4, -0.2) is 59.9 Å². The van der Waals surface area contributed by atoms with Crippen molar-refractivity contribution in [2.75, 3.05) is 20.3 Å². The monoisotopic (exact) mass is 684 g/mol. The highest BCUT2D eigenvalue weighted by Crippen LogP contribution is 2.38. The Kier molecular flexibility index (Phi) is 8.80. The molecule has 6 rings (SSSR count). The highest BCUT2D eigenvalue weighted by atomic mass is 35.5. The molecular weight excluding hydrogens is 661 g/mol. The number of aromatic amines is 1. The number of methoxy groups -OCH3 is 1. The number of nitrogens with one attached hydrogen (secondary N) is 1. The van der Waals surface area contributed by atoms with E-state index in [1.54, 1.807) is 0 Å². The highest BCUT2D eigenvalue weighted by molar-refractivity contribution is 6.30. The standard InChI is InChI=1S/C29H24ClF7N8O2/c1-46-7-6-45-23-11-38-21(25-41-27(43-42-25)29(35,36)37)10-20(23)39-24(45)13-44-5-4-15-8-18(28(32,33)34)26(40-22(15)12-44)47-14-16-2-3-17(30)9-19(16)31/h2-3,8-11H,4-7,12-14H2,1H3,(H,41,42,43). The number of benzene rings is 1. The number of alkyl halides is 6. The summed E-state index contributed by atoms with van der Waals surface area (Å²) >= 11 is 5.77. The molecule has 0 saturated carbocycles. The van der Waals surface area contributed by atoms with Gasteiger partial charge in [-0.15, -0.1) is 0 Å². The topological polar surface area (TPSA) is 107 Å². The predicted octanol–water partition coefficient (Wildman–Crippen LogP) is 6.23. The summed E-state index contributed by atoms with van der Waals surface area (Å²) in [7, 11) is 1.53. The van der Waals surface area contributed by atoms with Crippen molar-refractivity contribution in [2.24, 2.45) is 0 Å². The number of pyridine rings is 2. The molecule has 1 aliphatic rings. The van der Waals surface area contributed by atoms with E-state index in [0.29, 0.717) is 47.8 Å². The number of hydrogen-bond acceptors (Lipinski definition) is 8. The highest BCUT2D eigenvalue weighted by Gasteiger charge is 2.38. The van der Waals surface area contributed by atoms with E-state index in [1.165, 1.54) is 31.5 Å². The Balaban J connectivity index is 1.27. The first-order valence-corrected chi connectivity index (χ1v) is 14.4. The van der Waals surface area contributed by atoms with Crippen LogP contribution < -0.4 is 4.74 Å². The van der Waals surface area contributed by atoms with Crippen LogP contribution in [0.25, 0.3) is 22.6 Å². The summed E-state index contributed by atoms with van der Waals surface area (Å²) in [5.41, 5.74) is 0.819. The molecule has 0 atom stereocenters. The van der Waals surface area contributed by atoms with E-state index in [0.717, 1.165) is 12.1 Å². The van der Waals surface area contributed by atoms with Gasteiger partial charge in [-0.2, -0.15) is 31.4 Å². The number of fused-ring (bicyclic) bond motifs is 2. The molecule has 0 fully saturated rings. The minimum atomic E-state index is -4.76. The minimum Gasteiger partial charge on any atom is -0.472 e. The van der Waals surface area contributed by atoms with Gasteiger partial charge in [-0.25, -0.2) is 19.3 Å². The molecule has 248 valence electrons. The van der Waals surface area contributed by atoms with Crippen LogP contribution in [0.2, 0.25) is 5.02 Å². The number of ether oxygens (including phenoxy) is 2. The second kappa shape index (κ2) is 12.7. The van der Waals surface area contributed by atoms with Gasteiger partial charge in [-0.1, -0.05) is 17.7 Å². The molecule has 0 spiro atoms. The van der Waals surface area contributed by atoms with Crippen LogP contribution >= 0.6 is 11.6 Å². The van der Waals surface area contributed by atoms with Gasteiger partial charge in [0.1, 0.15) is 29.5 Å². The van der Waals surface area contributed by atoms with Crippen LogP contribution in [0.3, 0.4) is 0 Å². The number of nitrogens with zero attached hydrogens (tertiary/aromatic N) is 7. The zero-order chi connectivity index (χ0) is 33.5. The Morgan fingerprint density at radius 1 is 1.02 bits per heavy atom. The lowest BCUT2D eigenvalue weighted by molar-refractivity contribution is -0.144. The molecule has 0 bridgehead atoms. The number of imidazole rings is 1. The van der Waals surface area contributed by atoms with E-state index in [-0.39, 0.29) is 41.6 Å². The molecule has 0 unspecified atom stereocenters. The average molecular weight is 685 g/mol. The Hall–Kier alpha value is -4.35. The zero-order valence-corrected chi connectivity index (χ0v) is 25.1. The van der Waals surface area contributed by atoms with Gasteiger partial charge in [0.05, 0.1) is 36.1 Å². The first kappa shape index (κ1) is 32.6. The molecular formula is C29H24ClF7N8O2. The fourth-order valence-electron chi connectivity index (χ4n) is 5.18. The van der Waals surface area contributed by atoms with Crippen LogP contribution in [0, 0.1) is 5.82 Å². The third kappa shape index (κ3) is 7.01. The maximum Gasteiger partial charge on any atom is 0.451 e. The van der Waals surface area contributed by atoms with E-state index < -0.39 is 42.0 Å². The molecule has 1 N–H and O–H groups in total. The van der Waals surface area contributed by atoms with Gasteiger partial charge in [0.15, 0.2) is 5.82 Å².